The molecule has 2 aromatic carbocycles. The van der Waals surface area contributed by atoms with E-state index in [1.165, 1.54) is 22.5 Å². The van der Waals surface area contributed by atoms with Crippen molar-refractivity contribution in [3.63, 3.8) is 0 Å². The van der Waals surface area contributed by atoms with E-state index >= 15 is 0 Å². The maximum Gasteiger partial charge on any atom is 0.173 e. The van der Waals surface area contributed by atoms with Crippen LogP contribution >= 0.6 is 8.81 Å². The van der Waals surface area contributed by atoms with E-state index in [2.05, 4.69) is 124 Å². The van der Waals surface area contributed by atoms with Crippen LogP contribution in [0.2, 0.25) is 0 Å². The standard InChI is InChI=1S/C34H48NO3P/c1-14-34(12,35-21(2)15-16-22(35)3)39-38-28-20-24(32(7,8)9)18-26-30(28)37-29-25(33(26,10)11)17-23(31(4,5)6)19-27(29)36-13/h15-20,39H,14H2,1-13H3. The number of nitrogens with zero attached hydrogens (tertiary/aromatic N) is 1. The number of methoxy groups -OCH3 is 1. The smallest absolute Gasteiger partial charge is 0.173 e. The fraction of sp³-hybridized carbons (Fsp3) is 0.529. The van der Waals surface area contributed by atoms with Gasteiger partial charge in [0.05, 0.1) is 21.2 Å². The van der Waals surface area contributed by atoms with E-state index in [1.54, 1.807) is 7.11 Å². The zero-order valence-corrected chi connectivity index (χ0v) is 27.3. The van der Waals surface area contributed by atoms with E-state index in [4.69, 9.17) is 14.0 Å². The van der Waals surface area contributed by atoms with Crippen LogP contribution in [-0.2, 0) is 21.5 Å². The predicted octanol–water partition coefficient (Wildman–Crippen LogP) is 9.90. The lowest BCUT2D eigenvalue weighted by Gasteiger charge is -2.39. The van der Waals surface area contributed by atoms with Gasteiger partial charge < -0.3 is 18.6 Å². The first-order chi connectivity index (χ1) is 17.9. The summed E-state index contributed by atoms with van der Waals surface area (Å²) >= 11 is 0. The Kier molecular flexibility index (Phi) is 7.48. The molecule has 2 heterocycles. The largest absolute Gasteiger partial charge is 0.493 e. The number of hydrogen-bond acceptors (Lipinski definition) is 3. The molecule has 1 aromatic heterocycles. The van der Waals surface area contributed by atoms with Crippen molar-refractivity contribution in [3.05, 3.63) is 70.0 Å². The van der Waals surface area contributed by atoms with Gasteiger partial charge in [-0.2, -0.15) is 0 Å². The van der Waals surface area contributed by atoms with Crippen LogP contribution in [0.25, 0.3) is 0 Å². The fourth-order valence-electron chi connectivity index (χ4n) is 5.57. The zero-order chi connectivity index (χ0) is 29.1. The van der Waals surface area contributed by atoms with Gasteiger partial charge in [0.15, 0.2) is 23.0 Å². The van der Waals surface area contributed by atoms with Crippen LogP contribution in [0, 0.1) is 13.8 Å². The van der Waals surface area contributed by atoms with Gasteiger partial charge in [0, 0.05) is 27.9 Å². The van der Waals surface area contributed by atoms with Crippen molar-refractivity contribution in [2.45, 2.75) is 111 Å². The highest BCUT2D eigenvalue weighted by Crippen LogP contribution is 2.57. The third-order valence-electron chi connectivity index (χ3n) is 8.45. The molecule has 0 amide bonds. The third-order valence-corrected chi connectivity index (χ3v) is 9.79. The van der Waals surface area contributed by atoms with Gasteiger partial charge >= 0.3 is 0 Å². The number of aryl methyl sites for hydroxylation is 2. The Labute approximate surface area is 238 Å². The summed E-state index contributed by atoms with van der Waals surface area (Å²) < 4.78 is 22.0. The van der Waals surface area contributed by atoms with Gasteiger partial charge in [-0.1, -0.05) is 74.4 Å². The lowest BCUT2D eigenvalue weighted by Crippen LogP contribution is -2.28. The minimum atomic E-state index is -0.304. The van der Waals surface area contributed by atoms with E-state index in [9.17, 15) is 0 Å². The highest BCUT2D eigenvalue weighted by Gasteiger charge is 2.40. The van der Waals surface area contributed by atoms with Gasteiger partial charge in [0.25, 0.3) is 0 Å². The first-order valence-electron chi connectivity index (χ1n) is 14.1. The molecule has 1 aliphatic heterocycles. The Morgan fingerprint density at radius 3 is 1.69 bits per heavy atom. The van der Waals surface area contributed by atoms with Gasteiger partial charge in [0.1, 0.15) is 0 Å². The molecule has 0 saturated carbocycles. The minimum Gasteiger partial charge on any atom is -0.493 e. The lowest BCUT2D eigenvalue weighted by molar-refractivity contribution is 0.346. The average Bonchev–Trinajstić information content (AvgIpc) is 3.19. The normalized spacial score (nSPS) is 16.4. The van der Waals surface area contributed by atoms with Crippen molar-refractivity contribution in [1.82, 2.24) is 4.57 Å². The van der Waals surface area contributed by atoms with Crippen LogP contribution in [0.5, 0.6) is 23.0 Å². The molecule has 0 N–H and O–H groups in total. The van der Waals surface area contributed by atoms with Gasteiger partial charge in [-0.25, -0.2) is 0 Å². The molecule has 3 aromatic rings. The maximum absolute atomic E-state index is 6.83. The number of ether oxygens (including phenoxy) is 2. The zero-order valence-electron chi connectivity index (χ0n) is 26.3. The number of fused-ring (bicyclic) bond motifs is 2. The SMILES string of the molecule is CCC(C)(POc1cc(C(C)(C)C)cc2c1Oc1c(OC)cc(C(C)(C)C)cc1C2(C)C)n1c(C)ccc1C. The van der Waals surface area contributed by atoms with Gasteiger partial charge in [0.2, 0.25) is 0 Å². The summed E-state index contributed by atoms with van der Waals surface area (Å²) in [6.45, 7) is 27.0. The highest BCUT2D eigenvalue weighted by atomic mass is 31.1. The maximum atomic E-state index is 6.83. The van der Waals surface area contributed by atoms with E-state index in [0.717, 1.165) is 40.5 Å². The van der Waals surface area contributed by atoms with Crippen molar-refractivity contribution < 1.29 is 14.0 Å². The Hall–Kier alpha value is -2.45. The second-order valence-corrected chi connectivity index (χ2v) is 15.4. The molecule has 0 aliphatic carbocycles. The number of hydrogen-bond donors (Lipinski definition) is 0. The summed E-state index contributed by atoms with van der Waals surface area (Å²) in [5, 5.41) is -0.163. The first kappa shape index (κ1) is 29.5. The quantitative estimate of drug-likeness (QED) is 0.287. The number of rotatable bonds is 6. The van der Waals surface area contributed by atoms with Crippen LogP contribution in [-0.4, -0.2) is 11.7 Å². The second kappa shape index (κ2) is 9.88. The molecule has 0 fully saturated rings. The van der Waals surface area contributed by atoms with Crippen LogP contribution in [0.4, 0.5) is 0 Å². The monoisotopic (exact) mass is 549 g/mol. The van der Waals surface area contributed by atoms with Crippen molar-refractivity contribution >= 4 is 8.81 Å². The first-order valence-corrected chi connectivity index (χ1v) is 15.0. The summed E-state index contributed by atoms with van der Waals surface area (Å²) in [4.78, 5) is 0. The molecule has 4 rings (SSSR count). The molecule has 4 nitrogen and oxygen atoms in total. The van der Waals surface area contributed by atoms with Crippen molar-refractivity contribution in [3.8, 4) is 23.0 Å². The molecule has 0 bridgehead atoms. The summed E-state index contributed by atoms with van der Waals surface area (Å²) in [5.74, 6) is 3.16. The molecule has 5 heteroatoms. The van der Waals surface area contributed by atoms with Gasteiger partial charge in [-0.15, -0.1) is 0 Å². The third kappa shape index (κ3) is 5.22. The number of benzene rings is 2. The Balaban J connectivity index is 1.89. The minimum absolute atomic E-state index is 0.0132. The van der Waals surface area contributed by atoms with Gasteiger partial charge in [-0.3, -0.25) is 0 Å². The van der Waals surface area contributed by atoms with Crippen LogP contribution in [0.3, 0.4) is 0 Å². The van der Waals surface area contributed by atoms with E-state index < -0.39 is 0 Å². The summed E-state index contributed by atoms with van der Waals surface area (Å²) in [6, 6.07) is 13.3. The van der Waals surface area contributed by atoms with E-state index in [-0.39, 0.29) is 30.3 Å². The molecule has 0 saturated heterocycles. The average molecular weight is 550 g/mol. The summed E-state index contributed by atoms with van der Waals surface area (Å²) in [7, 11) is 1.94. The lowest BCUT2D eigenvalue weighted by atomic mass is 9.72. The van der Waals surface area contributed by atoms with Gasteiger partial charge in [-0.05, 0) is 73.4 Å². The van der Waals surface area contributed by atoms with Crippen LogP contribution in [0.15, 0.2) is 36.4 Å². The summed E-state index contributed by atoms with van der Waals surface area (Å²) in [6.07, 6.45) is 0.960. The number of aromatic nitrogens is 1. The van der Waals surface area contributed by atoms with Crippen molar-refractivity contribution in [1.29, 1.82) is 0 Å². The topological polar surface area (TPSA) is 32.6 Å². The molecular formula is C34H48NO3P. The van der Waals surface area contributed by atoms with E-state index in [1.807, 2.05) is 0 Å². The molecule has 0 radical (unpaired) electrons. The Morgan fingerprint density at radius 1 is 0.795 bits per heavy atom. The molecular weight excluding hydrogens is 501 g/mol. The molecule has 1 aliphatic rings. The molecule has 2 atom stereocenters. The Bertz CT molecular complexity index is 1370. The second-order valence-electron chi connectivity index (χ2n) is 13.9. The molecule has 0 spiro atoms. The molecule has 212 valence electrons. The summed E-state index contributed by atoms with van der Waals surface area (Å²) in [5.41, 5.74) is 6.93. The van der Waals surface area contributed by atoms with Crippen LogP contribution in [0.1, 0.15) is 109 Å². The Morgan fingerprint density at radius 2 is 1.26 bits per heavy atom. The van der Waals surface area contributed by atoms with Crippen molar-refractivity contribution in [2.75, 3.05) is 7.11 Å². The van der Waals surface area contributed by atoms with E-state index in [0.29, 0.717) is 0 Å². The van der Waals surface area contributed by atoms with Crippen molar-refractivity contribution in [2.24, 2.45) is 0 Å². The highest BCUT2D eigenvalue weighted by molar-refractivity contribution is 7.33. The fourth-order valence-corrected chi connectivity index (χ4v) is 6.64. The predicted molar refractivity (Wildman–Crippen MR) is 166 cm³/mol. The molecule has 39 heavy (non-hydrogen) atoms. The molecule has 2 unspecified atom stereocenters. The van der Waals surface area contributed by atoms with Crippen LogP contribution < -0.4 is 14.0 Å².